The first-order valence-electron chi connectivity index (χ1n) is 25.5. The second-order valence-electron chi connectivity index (χ2n) is 17.5. The molecule has 0 bridgehead atoms. The van der Waals surface area contributed by atoms with Crippen molar-refractivity contribution in [2.45, 2.75) is 297 Å². The molecule has 0 saturated carbocycles. The van der Waals surface area contributed by atoms with Gasteiger partial charge in [-0.15, -0.1) is 0 Å². The molecule has 0 aliphatic heterocycles. The van der Waals surface area contributed by atoms with Crippen LogP contribution >= 0.6 is 0 Å². The van der Waals surface area contributed by atoms with Crippen LogP contribution in [-0.2, 0) is 48.1 Å². The van der Waals surface area contributed by atoms with Crippen LogP contribution in [0.1, 0.15) is 290 Å². The van der Waals surface area contributed by atoms with Gasteiger partial charge in [0.2, 0.25) is 0 Å². The number of unbranched alkanes of at least 4 members (excludes halogenated alkanes) is 36. The van der Waals surface area contributed by atoms with E-state index in [1.807, 2.05) is 0 Å². The van der Waals surface area contributed by atoms with E-state index in [-0.39, 0.29) is 50.6 Å². The van der Waals surface area contributed by atoms with Crippen LogP contribution in [-0.4, -0.2) is 37.2 Å². The van der Waals surface area contributed by atoms with Gasteiger partial charge in [0.05, 0.1) is 0 Å². The van der Waals surface area contributed by atoms with Gasteiger partial charge in [0, 0.05) is 38.7 Å². The quantitative estimate of drug-likeness (QED) is 0.0262. The molecule has 0 heterocycles. The van der Waals surface area contributed by atoms with Gasteiger partial charge in [0.15, 0.2) is 6.10 Å². The molecular formula is C51H98O6Zn. The zero-order valence-corrected chi connectivity index (χ0v) is 42.3. The Kier molecular flexibility index (Phi) is 51.4. The molecule has 0 amide bonds. The molecule has 0 radical (unpaired) electrons. The predicted octanol–water partition coefficient (Wildman–Crippen LogP) is 16.4. The van der Waals surface area contributed by atoms with Gasteiger partial charge >= 0.3 is 17.9 Å². The Hall–Kier alpha value is -0.967. The Bertz CT molecular complexity index is 805. The zero-order chi connectivity index (χ0) is 41.5. The normalized spacial score (nSPS) is 11.2. The monoisotopic (exact) mass is 871 g/mol. The van der Waals surface area contributed by atoms with Crippen molar-refractivity contribution in [2.24, 2.45) is 0 Å². The zero-order valence-electron chi connectivity index (χ0n) is 39.3. The van der Waals surface area contributed by atoms with Gasteiger partial charge in [-0.25, -0.2) is 0 Å². The van der Waals surface area contributed by atoms with Crippen LogP contribution in [0.2, 0.25) is 0 Å². The molecule has 0 rings (SSSR count). The Labute approximate surface area is 374 Å². The van der Waals surface area contributed by atoms with Crippen molar-refractivity contribution < 1.29 is 48.1 Å². The molecule has 0 aliphatic carbocycles. The summed E-state index contributed by atoms with van der Waals surface area (Å²) in [5.74, 6) is -0.842. The summed E-state index contributed by atoms with van der Waals surface area (Å²) in [5, 5.41) is 0. The van der Waals surface area contributed by atoms with Crippen molar-refractivity contribution >= 4 is 17.9 Å². The summed E-state index contributed by atoms with van der Waals surface area (Å²) in [6.07, 6.45) is 49.3. The van der Waals surface area contributed by atoms with E-state index in [0.717, 1.165) is 57.8 Å². The number of carbonyl (C=O) groups excluding carboxylic acids is 3. The van der Waals surface area contributed by atoms with Crippen molar-refractivity contribution in [3.8, 4) is 0 Å². The number of hydrogen-bond donors (Lipinski definition) is 0. The third kappa shape index (κ3) is 47.7. The fourth-order valence-electron chi connectivity index (χ4n) is 7.74. The first-order chi connectivity index (χ1) is 28.0. The van der Waals surface area contributed by atoms with E-state index in [2.05, 4.69) is 20.8 Å². The molecule has 340 valence electrons. The van der Waals surface area contributed by atoms with Crippen LogP contribution in [0.5, 0.6) is 0 Å². The van der Waals surface area contributed by atoms with Gasteiger partial charge < -0.3 is 14.2 Å². The average Bonchev–Trinajstić information content (AvgIpc) is 3.21. The van der Waals surface area contributed by atoms with Crippen molar-refractivity contribution in [3.05, 3.63) is 0 Å². The Morgan fingerprint density at radius 2 is 0.483 bits per heavy atom. The molecule has 0 atom stereocenters. The molecule has 0 fully saturated rings. The van der Waals surface area contributed by atoms with E-state index in [0.29, 0.717) is 19.3 Å². The van der Waals surface area contributed by atoms with Gasteiger partial charge in [-0.3, -0.25) is 14.4 Å². The molecule has 6 nitrogen and oxygen atoms in total. The standard InChI is InChI=1S/C51H98O6.Zn/c1-4-7-10-13-16-19-22-25-28-31-34-37-40-43-49(52)55-46-48(57-51(54)45-42-39-36-33-30-27-24-21-18-15-12-9-6-3)47-56-50(53)44-41-38-35-32-29-26-23-20-17-14-11-8-5-2;/h48H,4-47H2,1-3H3;. The third-order valence-electron chi connectivity index (χ3n) is 11.6. The van der Waals surface area contributed by atoms with E-state index in [9.17, 15) is 14.4 Å². The summed E-state index contributed by atoms with van der Waals surface area (Å²) in [4.78, 5) is 37.9. The molecule has 0 saturated heterocycles. The molecule has 58 heavy (non-hydrogen) atoms. The second-order valence-corrected chi connectivity index (χ2v) is 17.5. The van der Waals surface area contributed by atoms with Gasteiger partial charge in [-0.2, -0.15) is 0 Å². The minimum Gasteiger partial charge on any atom is -0.462 e. The van der Waals surface area contributed by atoms with Gasteiger partial charge in [-0.1, -0.05) is 252 Å². The first-order valence-corrected chi connectivity index (χ1v) is 25.5. The molecule has 0 spiro atoms. The van der Waals surface area contributed by atoms with Crippen LogP contribution in [0.3, 0.4) is 0 Å². The van der Waals surface area contributed by atoms with Gasteiger partial charge in [-0.05, 0) is 19.3 Å². The summed E-state index contributed by atoms with van der Waals surface area (Å²) < 4.78 is 16.8. The van der Waals surface area contributed by atoms with Crippen LogP contribution in [0.4, 0.5) is 0 Å². The van der Waals surface area contributed by atoms with Crippen molar-refractivity contribution in [1.82, 2.24) is 0 Å². The van der Waals surface area contributed by atoms with E-state index in [1.165, 1.54) is 193 Å². The smallest absolute Gasteiger partial charge is 0.306 e. The fourth-order valence-corrected chi connectivity index (χ4v) is 7.74. The molecule has 0 N–H and O–H groups in total. The van der Waals surface area contributed by atoms with Crippen molar-refractivity contribution in [1.29, 1.82) is 0 Å². The van der Waals surface area contributed by atoms with E-state index >= 15 is 0 Å². The summed E-state index contributed by atoms with van der Waals surface area (Å²) in [6.45, 7) is 6.67. The average molecular weight is 873 g/mol. The van der Waals surface area contributed by atoms with Crippen molar-refractivity contribution in [2.75, 3.05) is 13.2 Å². The summed E-state index contributed by atoms with van der Waals surface area (Å²) in [6, 6.07) is 0. The molecule has 0 aliphatic rings. The number of esters is 3. The molecule has 0 aromatic heterocycles. The minimum absolute atomic E-state index is 0. The van der Waals surface area contributed by atoms with E-state index in [4.69, 9.17) is 14.2 Å². The first kappa shape index (κ1) is 59.1. The van der Waals surface area contributed by atoms with Crippen LogP contribution < -0.4 is 0 Å². The maximum absolute atomic E-state index is 12.8. The number of ether oxygens (including phenoxy) is 3. The van der Waals surface area contributed by atoms with E-state index < -0.39 is 6.10 Å². The number of rotatable bonds is 47. The number of hydrogen-bond acceptors (Lipinski definition) is 6. The summed E-state index contributed by atoms with van der Waals surface area (Å²) in [5.41, 5.74) is 0. The van der Waals surface area contributed by atoms with Crippen LogP contribution in [0, 0.1) is 0 Å². The Balaban J connectivity index is 0. The topological polar surface area (TPSA) is 78.9 Å². The van der Waals surface area contributed by atoms with Gasteiger partial charge in [0.25, 0.3) is 0 Å². The predicted molar refractivity (Wildman–Crippen MR) is 243 cm³/mol. The Morgan fingerprint density at radius 1 is 0.293 bits per heavy atom. The molecule has 0 aromatic carbocycles. The Morgan fingerprint density at radius 3 is 0.707 bits per heavy atom. The molecule has 0 aromatic rings. The minimum atomic E-state index is -0.759. The third-order valence-corrected chi connectivity index (χ3v) is 11.6. The SMILES string of the molecule is CCCCCCCCCCCCCCCC(=O)OCC(COC(=O)CCCCCCCCCCCCCCC)OC(=O)CCCCCCCCCCCCCCC.[Zn]. The summed E-state index contributed by atoms with van der Waals surface area (Å²) in [7, 11) is 0. The summed E-state index contributed by atoms with van der Waals surface area (Å²) >= 11 is 0. The van der Waals surface area contributed by atoms with Crippen LogP contribution in [0.25, 0.3) is 0 Å². The maximum Gasteiger partial charge on any atom is 0.306 e. The maximum atomic E-state index is 12.8. The second kappa shape index (κ2) is 50.4. The molecular weight excluding hydrogens is 774 g/mol. The largest absolute Gasteiger partial charge is 0.462 e. The fraction of sp³-hybridized carbons (Fsp3) is 0.941. The van der Waals surface area contributed by atoms with Crippen LogP contribution in [0.15, 0.2) is 0 Å². The molecule has 7 heteroatoms. The molecule has 0 unspecified atom stereocenters. The van der Waals surface area contributed by atoms with E-state index in [1.54, 1.807) is 0 Å². The van der Waals surface area contributed by atoms with Crippen molar-refractivity contribution in [3.63, 3.8) is 0 Å². The van der Waals surface area contributed by atoms with Gasteiger partial charge in [0.1, 0.15) is 13.2 Å². The number of carbonyl (C=O) groups is 3.